The van der Waals surface area contributed by atoms with E-state index >= 15 is 0 Å². The molecule has 0 saturated heterocycles. The number of rotatable bonds is 2. The van der Waals surface area contributed by atoms with Gasteiger partial charge < -0.3 is 4.74 Å². The molecule has 0 heterocycles. The van der Waals surface area contributed by atoms with E-state index in [-0.39, 0.29) is 22.2 Å². The molecular formula is C16H28O2S. The molecule has 110 valence electrons. The van der Waals surface area contributed by atoms with Crippen molar-refractivity contribution < 1.29 is 9.53 Å². The van der Waals surface area contributed by atoms with Gasteiger partial charge in [0.2, 0.25) is 0 Å². The third-order valence-electron chi connectivity index (χ3n) is 3.97. The van der Waals surface area contributed by atoms with E-state index in [0.717, 1.165) is 12.3 Å². The standard InChI is InChI=1S/C16H28O2S/c1-15(2,3)18-14(17)12-8-10-7-11(12)13(9-10)19-16(4,5)6/h10-13H,7-9H2,1-6H3. The number of hydrogen-bond acceptors (Lipinski definition) is 3. The second-order valence-corrected chi connectivity index (χ2v) is 10.2. The summed E-state index contributed by atoms with van der Waals surface area (Å²) in [5, 5.41) is 0.649. The molecule has 4 atom stereocenters. The van der Waals surface area contributed by atoms with E-state index < -0.39 is 0 Å². The summed E-state index contributed by atoms with van der Waals surface area (Å²) < 4.78 is 5.89. The molecule has 2 nitrogen and oxygen atoms in total. The van der Waals surface area contributed by atoms with Crippen LogP contribution in [0.1, 0.15) is 60.8 Å². The molecule has 2 aliphatic rings. The number of fused-ring (bicyclic) bond motifs is 2. The van der Waals surface area contributed by atoms with Crippen LogP contribution in [0.2, 0.25) is 0 Å². The maximum absolute atomic E-state index is 12.3. The van der Waals surface area contributed by atoms with Crippen LogP contribution >= 0.6 is 11.8 Å². The van der Waals surface area contributed by atoms with E-state index in [9.17, 15) is 4.79 Å². The summed E-state index contributed by atoms with van der Waals surface area (Å²) in [4.78, 5) is 12.3. The zero-order chi connectivity index (χ0) is 14.4. The van der Waals surface area contributed by atoms with Crippen LogP contribution in [-0.4, -0.2) is 21.6 Å². The molecule has 0 aromatic carbocycles. The van der Waals surface area contributed by atoms with Crippen LogP contribution in [-0.2, 0) is 9.53 Å². The first kappa shape index (κ1) is 15.2. The molecular weight excluding hydrogens is 256 g/mol. The van der Waals surface area contributed by atoms with Gasteiger partial charge in [-0.25, -0.2) is 0 Å². The lowest BCUT2D eigenvalue weighted by Crippen LogP contribution is -2.35. The molecule has 0 aliphatic heterocycles. The SMILES string of the molecule is CC(C)(C)OC(=O)C1CC2CC(SC(C)(C)C)C1C2. The van der Waals surface area contributed by atoms with Crippen molar-refractivity contribution in [1.29, 1.82) is 0 Å². The van der Waals surface area contributed by atoms with Gasteiger partial charge in [0, 0.05) is 10.00 Å². The highest BCUT2D eigenvalue weighted by molar-refractivity contribution is 8.01. The lowest BCUT2D eigenvalue weighted by molar-refractivity contribution is -0.161. The Balaban J connectivity index is 2.00. The van der Waals surface area contributed by atoms with Crippen molar-refractivity contribution in [3.8, 4) is 0 Å². The minimum atomic E-state index is -0.356. The maximum Gasteiger partial charge on any atom is 0.309 e. The Morgan fingerprint density at radius 1 is 1.05 bits per heavy atom. The topological polar surface area (TPSA) is 26.3 Å². The second kappa shape index (κ2) is 4.98. The molecule has 4 unspecified atom stereocenters. The van der Waals surface area contributed by atoms with Crippen LogP contribution in [0, 0.1) is 17.8 Å². The summed E-state index contributed by atoms with van der Waals surface area (Å²) >= 11 is 2.06. The summed E-state index contributed by atoms with van der Waals surface area (Å²) in [6, 6.07) is 0. The molecule has 2 bridgehead atoms. The number of ether oxygens (including phenoxy) is 1. The third kappa shape index (κ3) is 3.90. The molecule has 2 rings (SSSR count). The summed E-state index contributed by atoms with van der Waals surface area (Å²) in [6.07, 6.45) is 3.59. The first-order valence-corrected chi connectivity index (χ1v) is 8.34. The Kier molecular flexibility index (Phi) is 3.99. The molecule has 0 spiro atoms. The van der Waals surface area contributed by atoms with Crippen LogP contribution < -0.4 is 0 Å². The fraction of sp³-hybridized carbons (Fsp3) is 0.938. The highest BCUT2D eigenvalue weighted by Crippen LogP contribution is 2.55. The number of esters is 1. The van der Waals surface area contributed by atoms with Gasteiger partial charge in [0.1, 0.15) is 5.60 Å². The second-order valence-electron chi connectivity index (χ2n) is 8.15. The highest BCUT2D eigenvalue weighted by Gasteiger charge is 2.51. The lowest BCUT2D eigenvalue weighted by atomic mass is 9.88. The van der Waals surface area contributed by atoms with Crippen molar-refractivity contribution >= 4 is 17.7 Å². The smallest absolute Gasteiger partial charge is 0.309 e. The van der Waals surface area contributed by atoms with Gasteiger partial charge in [0.25, 0.3) is 0 Å². The van der Waals surface area contributed by atoms with E-state index in [1.807, 2.05) is 20.8 Å². The zero-order valence-electron chi connectivity index (χ0n) is 13.2. The van der Waals surface area contributed by atoms with Crippen molar-refractivity contribution in [2.75, 3.05) is 0 Å². The minimum Gasteiger partial charge on any atom is -0.460 e. The molecule has 3 heteroatoms. The van der Waals surface area contributed by atoms with Crippen molar-refractivity contribution in [2.45, 2.75) is 76.4 Å². The Labute approximate surface area is 122 Å². The zero-order valence-corrected chi connectivity index (χ0v) is 14.0. The summed E-state index contributed by atoms with van der Waals surface area (Å²) in [6.45, 7) is 12.7. The average molecular weight is 284 g/mol. The van der Waals surface area contributed by atoms with Crippen molar-refractivity contribution in [1.82, 2.24) is 0 Å². The number of thioether (sulfide) groups is 1. The van der Waals surface area contributed by atoms with Gasteiger partial charge in [0.15, 0.2) is 0 Å². The summed E-state index contributed by atoms with van der Waals surface area (Å²) in [5.41, 5.74) is -0.356. The predicted molar refractivity (Wildman–Crippen MR) is 81.3 cm³/mol. The van der Waals surface area contributed by atoms with Gasteiger partial charge >= 0.3 is 5.97 Å². The van der Waals surface area contributed by atoms with Crippen molar-refractivity contribution in [3.05, 3.63) is 0 Å². The fourth-order valence-corrected chi connectivity index (χ4v) is 5.28. The maximum atomic E-state index is 12.3. The Bertz CT molecular complexity index is 351. The predicted octanol–water partition coefficient (Wildman–Crippen LogP) is 4.27. The number of carbonyl (C=O) groups excluding carboxylic acids is 1. The molecule has 19 heavy (non-hydrogen) atoms. The molecule has 2 saturated carbocycles. The summed E-state index contributed by atoms with van der Waals surface area (Å²) in [7, 11) is 0. The molecule has 2 aliphatic carbocycles. The number of carbonyl (C=O) groups is 1. The van der Waals surface area contributed by atoms with E-state index in [1.165, 1.54) is 12.8 Å². The van der Waals surface area contributed by atoms with Gasteiger partial charge in [-0.2, -0.15) is 11.8 Å². The van der Waals surface area contributed by atoms with Gasteiger partial charge in [-0.05, 0) is 51.9 Å². The highest BCUT2D eigenvalue weighted by atomic mass is 32.2. The largest absolute Gasteiger partial charge is 0.460 e. The number of hydrogen-bond donors (Lipinski definition) is 0. The average Bonchev–Trinajstić information content (AvgIpc) is 2.70. The molecule has 0 amide bonds. The van der Waals surface area contributed by atoms with Crippen LogP contribution in [0.5, 0.6) is 0 Å². The van der Waals surface area contributed by atoms with E-state index in [2.05, 4.69) is 32.5 Å². The van der Waals surface area contributed by atoms with Gasteiger partial charge in [-0.15, -0.1) is 0 Å². The first-order chi connectivity index (χ1) is 8.55. The van der Waals surface area contributed by atoms with Crippen molar-refractivity contribution in [2.24, 2.45) is 17.8 Å². The van der Waals surface area contributed by atoms with Crippen LogP contribution in [0.4, 0.5) is 0 Å². The molecule has 0 radical (unpaired) electrons. The van der Waals surface area contributed by atoms with Crippen LogP contribution in [0.25, 0.3) is 0 Å². The molecule has 0 aromatic rings. The monoisotopic (exact) mass is 284 g/mol. The van der Waals surface area contributed by atoms with E-state index in [1.54, 1.807) is 0 Å². The van der Waals surface area contributed by atoms with Crippen LogP contribution in [0.15, 0.2) is 0 Å². The van der Waals surface area contributed by atoms with Gasteiger partial charge in [-0.1, -0.05) is 20.8 Å². The fourth-order valence-electron chi connectivity index (χ4n) is 3.52. The first-order valence-electron chi connectivity index (χ1n) is 7.46. The quantitative estimate of drug-likeness (QED) is 0.708. The Morgan fingerprint density at radius 2 is 1.68 bits per heavy atom. The van der Waals surface area contributed by atoms with E-state index in [0.29, 0.717) is 11.2 Å². The minimum absolute atomic E-state index is 0.0409. The lowest BCUT2D eigenvalue weighted by Gasteiger charge is -2.33. The van der Waals surface area contributed by atoms with Gasteiger partial charge in [-0.3, -0.25) is 4.79 Å². The molecule has 0 aromatic heterocycles. The van der Waals surface area contributed by atoms with Gasteiger partial charge in [0.05, 0.1) is 5.92 Å². The van der Waals surface area contributed by atoms with E-state index in [4.69, 9.17) is 4.74 Å². The Morgan fingerprint density at radius 3 is 2.16 bits per heavy atom. The summed E-state index contributed by atoms with van der Waals surface area (Å²) in [5.74, 6) is 1.49. The Hall–Kier alpha value is -0.180. The molecule has 0 N–H and O–H groups in total. The van der Waals surface area contributed by atoms with Crippen molar-refractivity contribution in [3.63, 3.8) is 0 Å². The molecule has 2 fully saturated rings. The third-order valence-corrected chi connectivity index (χ3v) is 5.52. The van der Waals surface area contributed by atoms with Crippen LogP contribution in [0.3, 0.4) is 0 Å². The normalized spacial score (nSPS) is 34.6.